The van der Waals surface area contributed by atoms with E-state index >= 15 is 0 Å². The van der Waals surface area contributed by atoms with Gasteiger partial charge in [-0.05, 0) is 17.9 Å². The minimum absolute atomic E-state index is 0.107. The van der Waals surface area contributed by atoms with Crippen LogP contribution in [0.2, 0.25) is 0 Å². The van der Waals surface area contributed by atoms with Gasteiger partial charge in [-0.15, -0.1) is 0 Å². The molecule has 8 nitrogen and oxygen atoms in total. The number of carbonyl (C=O) groups is 3. The third kappa shape index (κ3) is 5.67. The molecular formula is C20H26N4O4. The van der Waals surface area contributed by atoms with Gasteiger partial charge in [0.05, 0.1) is 7.11 Å². The highest BCUT2D eigenvalue weighted by molar-refractivity contribution is 5.97. The van der Waals surface area contributed by atoms with Crippen LogP contribution in [0.15, 0.2) is 36.4 Å². The minimum Gasteiger partial charge on any atom is -0.467 e. The average molecular weight is 386 g/mol. The summed E-state index contributed by atoms with van der Waals surface area (Å²) >= 11 is 0. The number of rotatable bonds is 8. The lowest BCUT2D eigenvalue weighted by Crippen LogP contribution is -2.45. The molecule has 1 aromatic carbocycles. The van der Waals surface area contributed by atoms with Gasteiger partial charge < -0.3 is 15.4 Å². The number of hydrogen-bond donors (Lipinski definition) is 2. The molecule has 28 heavy (non-hydrogen) atoms. The van der Waals surface area contributed by atoms with Gasteiger partial charge in [0.1, 0.15) is 11.9 Å². The molecule has 0 radical (unpaired) electrons. The molecule has 0 bridgehead atoms. The van der Waals surface area contributed by atoms with E-state index in [0.717, 1.165) is 5.56 Å². The quantitative estimate of drug-likeness (QED) is 0.675. The molecule has 0 spiro atoms. The fraction of sp³-hybridized carbons (Fsp3) is 0.400. The Bertz CT molecular complexity index is 830. The molecule has 8 heteroatoms. The summed E-state index contributed by atoms with van der Waals surface area (Å²) in [5.41, 5.74) is 1.18. The normalized spacial score (nSPS) is 11.8. The Hall–Kier alpha value is -3.16. The first-order valence-corrected chi connectivity index (χ1v) is 9.08. The second kappa shape index (κ2) is 9.68. The molecule has 1 aromatic heterocycles. The number of aromatic nitrogens is 2. The molecule has 150 valence electrons. The molecular weight excluding hydrogens is 360 g/mol. The zero-order valence-corrected chi connectivity index (χ0v) is 16.6. The summed E-state index contributed by atoms with van der Waals surface area (Å²) in [6.45, 7) is 3.61. The second-order valence-corrected chi connectivity index (χ2v) is 6.79. The average Bonchev–Trinajstić information content (AvgIpc) is 3.04. The second-order valence-electron chi connectivity index (χ2n) is 6.79. The van der Waals surface area contributed by atoms with Gasteiger partial charge in [-0.1, -0.05) is 44.2 Å². The molecule has 2 amide bonds. The molecule has 0 saturated heterocycles. The van der Waals surface area contributed by atoms with Crippen LogP contribution in [-0.4, -0.2) is 40.7 Å². The Kier molecular flexibility index (Phi) is 7.31. The van der Waals surface area contributed by atoms with Crippen LogP contribution in [0.4, 0.5) is 5.82 Å². The first-order valence-electron chi connectivity index (χ1n) is 9.08. The highest BCUT2D eigenvalue weighted by atomic mass is 16.5. The third-order valence-electron chi connectivity index (χ3n) is 4.27. The summed E-state index contributed by atoms with van der Waals surface area (Å²) in [6, 6.07) is 10.4. The summed E-state index contributed by atoms with van der Waals surface area (Å²) in [5, 5.41) is 9.49. The molecule has 0 fully saturated rings. The largest absolute Gasteiger partial charge is 0.467 e. The van der Waals surface area contributed by atoms with E-state index in [-0.39, 0.29) is 17.5 Å². The van der Waals surface area contributed by atoms with Gasteiger partial charge in [-0.25, -0.2) is 4.79 Å². The number of carbonyl (C=O) groups excluding carboxylic acids is 3. The number of esters is 1. The molecule has 2 aromatic rings. The molecule has 0 aliphatic rings. The van der Waals surface area contributed by atoms with Crippen LogP contribution in [0.25, 0.3) is 0 Å². The van der Waals surface area contributed by atoms with Gasteiger partial charge in [0.15, 0.2) is 5.69 Å². The van der Waals surface area contributed by atoms with E-state index in [9.17, 15) is 14.4 Å². The van der Waals surface area contributed by atoms with Gasteiger partial charge in [-0.2, -0.15) is 5.10 Å². The third-order valence-corrected chi connectivity index (χ3v) is 4.27. The fourth-order valence-electron chi connectivity index (χ4n) is 2.64. The summed E-state index contributed by atoms with van der Waals surface area (Å²) in [4.78, 5) is 36.4. The monoisotopic (exact) mass is 386 g/mol. The lowest BCUT2D eigenvalue weighted by Gasteiger charge is -2.19. The number of ether oxygens (including phenoxy) is 1. The number of nitrogens with zero attached hydrogens (tertiary/aromatic N) is 2. The van der Waals surface area contributed by atoms with Crippen molar-refractivity contribution in [1.82, 2.24) is 15.1 Å². The zero-order valence-electron chi connectivity index (χ0n) is 16.6. The lowest BCUT2D eigenvalue weighted by molar-refractivity contribution is -0.144. The van der Waals surface area contributed by atoms with Crippen LogP contribution < -0.4 is 10.6 Å². The van der Waals surface area contributed by atoms with E-state index in [1.165, 1.54) is 17.9 Å². The van der Waals surface area contributed by atoms with Gasteiger partial charge in [0.2, 0.25) is 5.91 Å². The van der Waals surface area contributed by atoms with Gasteiger partial charge in [0.25, 0.3) is 5.91 Å². The molecule has 0 aliphatic carbocycles. The number of hydrogen-bond acceptors (Lipinski definition) is 5. The summed E-state index contributed by atoms with van der Waals surface area (Å²) in [6.07, 6.45) is 0.932. The van der Waals surface area contributed by atoms with Crippen molar-refractivity contribution in [3.63, 3.8) is 0 Å². The van der Waals surface area contributed by atoms with Crippen LogP contribution in [-0.2, 0) is 27.8 Å². The molecule has 0 aliphatic heterocycles. The standard InChI is InChI=1S/C20H26N4O4/c1-13(2)18(20(27)28-4)22-19(26)15-12-16(24(3)23-15)21-17(25)11-10-14-8-6-5-7-9-14/h5-9,12-13,18H,10-11H2,1-4H3,(H,21,25)(H,22,26). The molecule has 1 heterocycles. The number of nitrogens with one attached hydrogen (secondary N) is 2. The Labute approximate surface area is 164 Å². The van der Waals surface area contributed by atoms with Crippen LogP contribution >= 0.6 is 0 Å². The van der Waals surface area contributed by atoms with Crippen molar-refractivity contribution < 1.29 is 19.1 Å². The number of anilines is 1. The van der Waals surface area contributed by atoms with Crippen molar-refractivity contribution in [2.75, 3.05) is 12.4 Å². The summed E-state index contributed by atoms with van der Waals surface area (Å²) < 4.78 is 6.13. The van der Waals surface area contributed by atoms with E-state index in [2.05, 4.69) is 15.7 Å². The van der Waals surface area contributed by atoms with E-state index in [0.29, 0.717) is 18.7 Å². The molecule has 1 atom stereocenters. The summed E-state index contributed by atoms with van der Waals surface area (Å²) in [5.74, 6) is -0.939. The Morgan fingerprint density at radius 2 is 1.86 bits per heavy atom. The van der Waals surface area contributed by atoms with Crippen LogP contribution in [0.3, 0.4) is 0 Å². The lowest BCUT2D eigenvalue weighted by atomic mass is 10.0. The fourth-order valence-corrected chi connectivity index (χ4v) is 2.64. The topological polar surface area (TPSA) is 102 Å². The number of methoxy groups -OCH3 is 1. The van der Waals surface area contributed by atoms with Crippen molar-refractivity contribution >= 4 is 23.6 Å². The first kappa shape index (κ1) is 21.1. The SMILES string of the molecule is COC(=O)C(NC(=O)c1cc(NC(=O)CCc2ccccc2)n(C)n1)C(C)C. The molecule has 2 N–H and O–H groups in total. The van der Waals surface area contributed by atoms with Gasteiger partial charge in [0, 0.05) is 19.5 Å². The van der Waals surface area contributed by atoms with E-state index in [1.54, 1.807) is 20.9 Å². The molecule has 1 unspecified atom stereocenters. The van der Waals surface area contributed by atoms with E-state index < -0.39 is 17.9 Å². The highest BCUT2D eigenvalue weighted by Crippen LogP contribution is 2.12. The maximum atomic E-state index is 12.4. The number of benzene rings is 1. The minimum atomic E-state index is -0.775. The smallest absolute Gasteiger partial charge is 0.328 e. The Morgan fingerprint density at radius 1 is 1.18 bits per heavy atom. The maximum Gasteiger partial charge on any atom is 0.328 e. The van der Waals surface area contributed by atoms with Crippen molar-refractivity contribution in [3.8, 4) is 0 Å². The van der Waals surface area contributed by atoms with E-state index in [1.807, 2.05) is 30.3 Å². The Balaban J connectivity index is 1.98. The predicted molar refractivity (Wildman–Crippen MR) is 105 cm³/mol. The van der Waals surface area contributed by atoms with Crippen LogP contribution in [0.1, 0.15) is 36.3 Å². The van der Waals surface area contributed by atoms with Gasteiger partial charge in [-0.3, -0.25) is 14.3 Å². The molecule has 0 saturated carbocycles. The van der Waals surface area contributed by atoms with Crippen molar-refractivity contribution in [3.05, 3.63) is 47.7 Å². The maximum absolute atomic E-state index is 12.4. The number of amides is 2. The van der Waals surface area contributed by atoms with Crippen molar-refractivity contribution in [2.45, 2.75) is 32.7 Å². The first-order chi connectivity index (χ1) is 13.3. The Morgan fingerprint density at radius 3 is 2.46 bits per heavy atom. The van der Waals surface area contributed by atoms with E-state index in [4.69, 9.17) is 4.74 Å². The van der Waals surface area contributed by atoms with Gasteiger partial charge >= 0.3 is 5.97 Å². The number of aryl methyl sites for hydroxylation is 2. The molecule has 2 rings (SSSR count). The highest BCUT2D eigenvalue weighted by Gasteiger charge is 2.26. The van der Waals surface area contributed by atoms with Crippen molar-refractivity contribution in [2.24, 2.45) is 13.0 Å². The van der Waals surface area contributed by atoms with Crippen LogP contribution in [0, 0.1) is 5.92 Å². The van der Waals surface area contributed by atoms with Crippen LogP contribution in [0.5, 0.6) is 0 Å². The van der Waals surface area contributed by atoms with Crippen molar-refractivity contribution in [1.29, 1.82) is 0 Å². The predicted octanol–water partition coefficient (Wildman–Crippen LogP) is 1.92. The zero-order chi connectivity index (χ0) is 20.7. The summed E-state index contributed by atoms with van der Waals surface area (Å²) in [7, 11) is 2.90.